The smallest absolute Gasteiger partial charge is 0.306 e. The van der Waals surface area contributed by atoms with E-state index in [1.165, 1.54) is 51.4 Å². The van der Waals surface area contributed by atoms with Gasteiger partial charge in [0.2, 0.25) is 5.91 Å². The van der Waals surface area contributed by atoms with Gasteiger partial charge in [0.15, 0.2) is 12.4 Å². The number of rotatable bonds is 57. The second-order valence-corrected chi connectivity index (χ2v) is 23.1. The Morgan fingerprint density at radius 1 is 0.460 bits per heavy atom. The Balaban J connectivity index is 2.66. The van der Waals surface area contributed by atoms with Gasteiger partial charge in [0.05, 0.1) is 25.4 Å². The average molecular weight is 1210 g/mol. The molecule has 0 radical (unpaired) electrons. The van der Waals surface area contributed by atoms with Crippen molar-refractivity contribution in [3.8, 4) is 0 Å². The van der Waals surface area contributed by atoms with Crippen molar-refractivity contribution < 1.29 is 49.3 Å². The fourth-order valence-corrected chi connectivity index (χ4v) is 9.86. The molecule has 1 aliphatic heterocycles. The van der Waals surface area contributed by atoms with E-state index >= 15 is 0 Å². The van der Waals surface area contributed by atoms with Gasteiger partial charge in [-0.2, -0.15) is 0 Å². The van der Waals surface area contributed by atoms with Gasteiger partial charge in [-0.25, -0.2) is 0 Å². The fraction of sp³-hybridized carbons (Fsp3) is 0.658. The van der Waals surface area contributed by atoms with Crippen LogP contribution in [-0.4, -0.2) is 99.6 Å². The molecule has 8 atom stereocenters. The lowest BCUT2D eigenvalue weighted by molar-refractivity contribution is -0.305. The summed E-state index contributed by atoms with van der Waals surface area (Å²) >= 11 is 0. The van der Waals surface area contributed by atoms with Gasteiger partial charge in [-0.05, 0) is 122 Å². The Kier molecular flexibility index (Phi) is 57.2. The summed E-state index contributed by atoms with van der Waals surface area (Å²) in [5, 5.41) is 57.2. The molecule has 1 heterocycles. The summed E-state index contributed by atoms with van der Waals surface area (Å²) in [7, 11) is 0. The molecule has 1 aliphatic rings. The van der Waals surface area contributed by atoms with Crippen LogP contribution in [0.4, 0.5) is 0 Å². The predicted molar refractivity (Wildman–Crippen MR) is 365 cm³/mol. The number of unbranched alkanes of at least 4 members (excludes halogenated alkanes) is 21. The van der Waals surface area contributed by atoms with Crippen LogP contribution in [0.25, 0.3) is 0 Å². The molecule has 11 heteroatoms. The Hall–Kier alpha value is -4.46. The molecule has 0 aliphatic carbocycles. The largest absolute Gasteiger partial charge is 0.454 e. The quantitative estimate of drug-likeness (QED) is 0.0195. The molecule has 1 rings (SSSR count). The SMILES string of the molecule is CC/C=C\C/C=C\C/C=C\C/C=C\C/C=C\C/C=C\CCCCCCC(=O)OC1C(OCC(NC(=O)C(O)CCCCCCCC/C=C\C/C=C\C/C=C\C/C=C\C/C=C\CC)C(O)/C=C/CCCCCCCCCCCCC)OC(CO)C(O)C1O. The number of nitrogens with one attached hydrogen (secondary N) is 1. The Morgan fingerprint density at radius 2 is 0.828 bits per heavy atom. The summed E-state index contributed by atoms with van der Waals surface area (Å²) in [6.45, 7) is 5.55. The number of carbonyl (C=O) groups is 2. The van der Waals surface area contributed by atoms with Gasteiger partial charge in [-0.15, -0.1) is 0 Å². The van der Waals surface area contributed by atoms with Crippen LogP contribution in [0.1, 0.15) is 258 Å². The van der Waals surface area contributed by atoms with Crippen LogP contribution in [0.2, 0.25) is 0 Å². The van der Waals surface area contributed by atoms with E-state index in [1.807, 2.05) is 6.08 Å². The van der Waals surface area contributed by atoms with Gasteiger partial charge in [0, 0.05) is 6.42 Å². The molecule has 1 amide bonds. The molecule has 87 heavy (non-hydrogen) atoms. The molecule has 0 spiro atoms. The fourth-order valence-electron chi connectivity index (χ4n) is 9.86. The maximum absolute atomic E-state index is 13.5. The first-order chi connectivity index (χ1) is 42.7. The molecule has 6 N–H and O–H groups in total. The van der Waals surface area contributed by atoms with Crippen LogP contribution >= 0.6 is 0 Å². The number of carbonyl (C=O) groups excluding carboxylic acids is 2. The third kappa shape index (κ3) is 49.1. The van der Waals surface area contributed by atoms with Gasteiger partial charge in [0.25, 0.3) is 0 Å². The molecule has 0 saturated carbocycles. The molecule has 494 valence electrons. The number of aliphatic hydroxyl groups is 5. The van der Waals surface area contributed by atoms with E-state index in [9.17, 15) is 35.1 Å². The van der Waals surface area contributed by atoms with Gasteiger partial charge < -0.3 is 45.1 Å². The predicted octanol–water partition coefficient (Wildman–Crippen LogP) is 17.7. The molecule has 0 aromatic heterocycles. The molecule has 0 bridgehead atoms. The van der Waals surface area contributed by atoms with E-state index in [0.29, 0.717) is 12.8 Å². The van der Waals surface area contributed by atoms with Crippen molar-refractivity contribution in [2.75, 3.05) is 13.2 Å². The Labute approximate surface area is 530 Å². The second kappa shape index (κ2) is 61.8. The summed E-state index contributed by atoms with van der Waals surface area (Å²) in [6.07, 6.45) is 78.7. The molecule has 1 fully saturated rings. The number of amides is 1. The van der Waals surface area contributed by atoms with Crippen molar-refractivity contribution in [2.45, 2.75) is 307 Å². The molecule has 8 unspecified atom stereocenters. The van der Waals surface area contributed by atoms with E-state index in [2.05, 4.69) is 160 Å². The zero-order chi connectivity index (χ0) is 63.1. The molecule has 0 aromatic carbocycles. The van der Waals surface area contributed by atoms with Crippen molar-refractivity contribution >= 4 is 11.9 Å². The summed E-state index contributed by atoms with van der Waals surface area (Å²) < 4.78 is 17.7. The van der Waals surface area contributed by atoms with Gasteiger partial charge in [0.1, 0.15) is 24.4 Å². The number of hydrogen-bond acceptors (Lipinski definition) is 10. The van der Waals surface area contributed by atoms with Crippen LogP contribution in [-0.2, 0) is 23.8 Å². The summed E-state index contributed by atoms with van der Waals surface area (Å²) in [4.78, 5) is 26.7. The van der Waals surface area contributed by atoms with Crippen LogP contribution in [0.5, 0.6) is 0 Å². The highest BCUT2D eigenvalue weighted by Crippen LogP contribution is 2.26. The van der Waals surface area contributed by atoms with E-state index in [0.717, 1.165) is 161 Å². The normalized spacial score (nSPS) is 19.2. The lowest BCUT2D eigenvalue weighted by Gasteiger charge is -2.41. The topological polar surface area (TPSA) is 175 Å². The number of allylic oxidation sites excluding steroid dienone is 23. The van der Waals surface area contributed by atoms with Crippen molar-refractivity contribution in [1.29, 1.82) is 0 Å². The summed E-state index contributed by atoms with van der Waals surface area (Å²) in [5.74, 6) is -1.24. The minimum absolute atomic E-state index is 0.0837. The van der Waals surface area contributed by atoms with Crippen LogP contribution in [0.3, 0.4) is 0 Å². The number of aliphatic hydroxyl groups excluding tert-OH is 5. The molecular weight excluding hydrogens is 1090 g/mol. The maximum Gasteiger partial charge on any atom is 0.306 e. The monoisotopic (exact) mass is 1210 g/mol. The van der Waals surface area contributed by atoms with Gasteiger partial charge >= 0.3 is 5.97 Å². The first-order valence-corrected chi connectivity index (χ1v) is 34.6. The van der Waals surface area contributed by atoms with Crippen molar-refractivity contribution in [3.05, 3.63) is 146 Å². The Morgan fingerprint density at radius 3 is 1.24 bits per heavy atom. The number of esters is 1. The molecular formula is C76H125NO10. The maximum atomic E-state index is 13.5. The lowest BCUT2D eigenvalue weighted by atomic mass is 9.99. The number of ether oxygens (including phenoxy) is 3. The highest BCUT2D eigenvalue weighted by Gasteiger charge is 2.47. The van der Waals surface area contributed by atoms with E-state index < -0.39 is 67.4 Å². The van der Waals surface area contributed by atoms with Gasteiger partial charge in [-0.3, -0.25) is 9.59 Å². The van der Waals surface area contributed by atoms with Crippen LogP contribution < -0.4 is 5.32 Å². The van der Waals surface area contributed by atoms with Gasteiger partial charge in [-0.1, -0.05) is 276 Å². The zero-order valence-electron chi connectivity index (χ0n) is 54.8. The number of hydrogen-bond donors (Lipinski definition) is 6. The van der Waals surface area contributed by atoms with Crippen LogP contribution in [0.15, 0.2) is 146 Å². The van der Waals surface area contributed by atoms with E-state index in [1.54, 1.807) is 6.08 Å². The summed E-state index contributed by atoms with van der Waals surface area (Å²) in [6, 6.07) is -1.05. The summed E-state index contributed by atoms with van der Waals surface area (Å²) in [5.41, 5.74) is 0. The lowest BCUT2D eigenvalue weighted by Crippen LogP contribution is -2.61. The van der Waals surface area contributed by atoms with E-state index in [4.69, 9.17) is 14.2 Å². The first kappa shape index (κ1) is 80.6. The average Bonchev–Trinajstić information content (AvgIpc) is 2.32. The minimum Gasteiger partial charge on any atom is -0.454 e. The van der Waals surface area contributed by atoms with Crippen LogP contribution in [0, 0.1) is 0 Å². The molecule has 11 nitrogen and oxygen atoms in total. The molecule has 0 aromatic rings. The third-order valence-electron chi connectivity index (χ3n) is 15.2. The standard InChI is InChI=1S/C76H125NO10/c1-4-7-10-13-16-19-22-25-27-29-31-33-35-37-39-41-43-46-49-52-55-58-61-64-71(81)87-74-73(83)72(82)70(65-78)86-76(74)85-66-67(68(79)62-59-56-53-50-47-44-24-21-18-15-12-9-6-3)77-75(84)69(80)63-60-57-54-51-48-45-42-40-38-36-34-32-30-28-26-23-20-17-14-11-8-5-2/h7-8,10-11,16-17,19-20,25-28,31-34,37-40,43,46,59,62,67-70,72-74,76,78-80,82-83H,4-6,9,12-15,18,21-24,29-30,35-36,41-42,44-45,47-58,60-61,63-66H2,1-3H3,(H,77,84)/b10-7-,11-8-,19-16-,20-17-,27-25-,28-26-,33-31-,34-32-,39-37-,40-38-,46-43-,62-59+. The molecule has 1 saturated heterocycles. The van der Waals surface area contributed by atoms with Crippen molar-refractivity contribution in [2.24, 2.45) is 0 Å². The third-order valence-corrected chi connectivity index (χ3v) is 15.2. The van der Waals surface area contributed by atoms with E-state index in [-0.39, 0.29) is 19.4 Å². The first-order valence-electron chi connectivity index (χ1n) is 34.6. The highest BCUT2D eigenvalue weighted by molar-refractivity contribution is 5.80. The van der Waals surface area contributed by atoms with Crippen molar-refractivity contribution in [3.63, 3.8) is 0 Å². The zero-order valence-corrected chi connectivity index (χ0v) is 54.8. The van der Waals surface area contributed by atoms with Crippen molar-refractivity contribution in [1.82, 2.24) is 5.32 Å². The highest BCUT2D eigenvalue weighted by atomic mass is 16.7. The minimum atomic E-state index is -1.64. The second-order valence-electron chi connectivity index (χ2n) is 23.1. The Bertz CT molecular complexity index is 1980.